The van der Waals surface area contributed by atoms with Crippen molar-refractivity contribution < 1.29 is 23.1 Å². The number of methoxy groups -OCH3 is 1. The topological polar surface area (TPSA) is 78.9 Å². The quantitative estimate of drug-likeness (QED) is 0.648. The van der Waals surface area contributed by atoms with E-state index >= 15 is 0 Å². The highest BCUT2D eigenvalue weighted by molar-refractivity contribution is 6.06. The Hall–Kier alpha value is -3.28. The summed E-state index contributed by atoms with van der Waals surface area (Å²) < 4.78 is 20.9. The van der Waals surface area contributed by atoms with Crippen molar-refractivity contribution in [2.24, 2.45) is 0 Å². The third kappa shape index (κ3) is 3.22. The van der Waals surface area contributed by atoms with Crippen molar-refractivity contribution in [3.63, 3.8) is 0 Å². The number of furan rings is 1. The standard InChI is InChI=1S/C18H14O6/c1-21-15-8-7-14(24-15)16(20)18-17(13(19)9-10-22-18)23-11-12-5-3-2-4-6-12/h2-10H,11H2,1H3. The van der Waals surface area contributed by atoms with E-state index in [0.29, 0.717) is 0 Å². The van der Waals surface area contributed by atoms with E-state index in [4.69, 9.17) is 18.3 Å². The molecule has 0 unspecified atom stereocenters. The fraction of sp³-hybridized carbons (Fsp3) is 0.111. The molecule has 6 heteroatoms. The average molecular weight is 326 g/mol. The highest BCUT2D eigenvalue weighted by Crippen LogP contribution is 2.22. The van der Waals surface area contributed by atoms with Crippen molar-refractivity contribution in [1.82, 2.24) is 0 Å². The van der Waals surface area contributed by atoms with Crippen LogP contribution >= 0.6 is 0 Å². The summed E-state index contributed by atoms with van der Waals surface area (Å²) in [7, 11) is 1.42. The lowest BCUT2D eigenvalue weighted by molar-refractivity contribution is 0.0966. The normalized spacial score (nSPS) is 10.4. The van der Waals surface area contributed by atoms with Gasteiger partial charge in [0.1, 0.15) is 6.61 Å². The molecule has 2 aromatic heterocycles. The van der Waals surface area contributed by atoms with E-state index in [1.807, 2.05) is 30.3 Å². The van der Waals surface area contributed by atoms with Crippen LogP contribution in [0.25, 0.3) is 0 Å². The minimum absolute atomic E-state index is 0.00855. The van der Waals surface area contributed by atoms with Crippen molar-refractivity contribution >= 4 is 5.78 Å². The van der Waals surface area contributed by atoms with E-state index in [9.17, 15) is 9.59 Å². The summed E-state index contributed by atoms with van der Waals surface area (Å²) >= 11 is 0. The first-order chi connectivity index (χ1) is 11.7. The highest BCUT2D eigenvalue weighted by Gasteiger charge is 2.23. The molecule has 0 saturated heterocycles. The minimum Gasteiger partial charge on any atom is -0.481 e. The summed E-state index contributed by atoms with van der Waals surface area (Å²) in [4.78, 5) is 24.6. The van der Waals surface area contributed by atoms with E-state index in [2.05, 4.69) is 0 Å². The fourth-order valence-corrected chi connectivity index (χ4v) is 2.09. The second kappa shape index (κ2) is 6.87. The van der Waals surface area contributed by atoms with Crippen LogP contribution in [0.5, 0.6) is 11.7 Å². The Morgan fingerprint density at radius 1 is 1.08 bits per heavy atom. The number of benzene rings is 1. The van der Waals surface area contributed by atoms with E-state index in [-0.39, 0.29) is 29.8 Å². The molecule has 0 aliphatic rings. The third-order valence-corrected chi connectivity index (χ3v) is 3.27. The highest BCUT2D eigenvalue weighted by atomic mass is 16.6. The van der Waals surface area contributed by atoms with Gasteiger partial charge in [-0.25, -0.2) is 0 Å². The number of rotatable bonds is 6. The van der Waals surface area contributed by atoms with Crippen LogP contribution in [0.4, 0.5) is 0 Å². The largest absolute Gasteiger partial charge is 0.481 e. The maximum atomic E-state index is 12.5. The van der Waals surface area contributed by atoms with Crippen molar-refractivity contribution in [1.29, 1.82) is 0 Å². The van der Waals surface area contributed by atoms with E-state index in [1.54, 1.807) is 0 Å². The summed E-state index contributed by atoms with van der Waals surface area (Å²) in [6.07, 6.45) is 1.14. The number of hydrogen-bond donors (Lipinski definition) is 0. The van der Waals surface area contributed by atoms with Gasteiger partial charge in [-0.2, -0.15) is 0 Å². The molecule has 0 radical (unpaired) electrons. The molecule has 0 spiro atoms. The maximum Gasteiger partial charge on any atom is 0.284 e. The zero-order valence-electron chi connectivity index (χ0n) is 12.9. The fourth-order valence-electron chi connectivity index (χ4n) is 2.09. The van der Waals surface area contributed by atoms with Gasteiger partial charge in [0.2, 0.25) is 16.9 Å². The lowest BCUT2D eigenvalue weighted by Gasteiger charge is -2.08. The number of ketones is 1. The predicted molar refractivity (Wildman–Crippen MR) is 84.4 cm³/mol. The van der Waals surface area contributed by atoms with Crippen molar-refractivity contribution in [2.45, 2.75) is 6.61 Å². The van der Waals surface area contributed by atoms with Crippen LogP contribution in [0.2, 0.25) is 0 Å². The zero-order chi connectivity index (χ0) is 16.9. The SMILES string of the molecule is COc1ccc(C(=O)c2occc(=O)c2OCc2ccccc2)o1. The van der Waals surface area contributed by atoms with Gasteiger partial charge in [-0.1, -0.05) is 30.3 Å². The lowest BCUT2D eigenvalue weighted by atomic mass is 10.2. The second-order valence-electron chi connectivity index (χ2n) is 4.87. The molecule has 0 aliphatic heterocycles. The van der Waals surface area contributed by atoms with Crippen LogP contribution < -0.4 is 14.9 Å². The molecule has 1 aromatic carbocycles. The maximum absolute atomic E-state index is 12.5. The molecule has 0 saturated carbocycles. The van der Waals surface area contributed by atoms with Gasteiger partial charge in [0.25, 0.3) is 11.7 Å². The molecule has 3 rings (SSSR count). The van der Waals surface area contributed by atoms with Crippen LogP contribution in [0, 0.1) is 0 Å². The minimum atomic E-state index is -0.598. The van der Waals surface area contributed by atoms with Gasteiger partial charge in [-0.3, -0.25) is 9.59 Å². The molecule has 0 fully saturated rings. The van der Waals surface area contributed by atoms with Gasteiger partial charge >= 0.3 is 0 Å². The van der Waals surface area contributed by atoms with Gasteiger partial charge in [0, 0.05) is 12.1 Å². The van der Waals surface area contributed by atoms with E-state index in [1.165, 1.54) is 25.3 Å². The molecule has 0 amide bonds. The smallest absolute Gasteiger partial charge is 0.284 e. The number of ether oxygens (including phenoxy) is 2. The molecule has 0 aliphatic carbocycles. The van der Waals surface area contributed by atoms with Crippen molar-refractivity contribution in [3.8, 4) is 11.7 Å². The van der Waals surface area contributed by atoms with Crippen LogP contribution in [0.15, 0.2) is 68.4 Å². The number of hydrogen-bond acceptors (Lipinski definition) is 6. The van der Waals surface area contributed by atoms with Crippen LogP contribution in [-0.4, -0.2) is 12.9 Å². The average Bonchev–Trinajstić information content (AvgIpc) is 3.10. The molecule has 3 aromatic rings. The summed E-state index contributed by atoms with van der Waals surface area (Å²) in [6.45, 7) is 0.136. The Bertz CT molecular complexity index is 891. The predicted octanol–water partition coefficient (Wildman–Crippen LogP) is 3.05. The van der Waals surface area contributed by atoms with Gasteiger partial charge in [-0.15, -0.1) is 0 Å². The lowest BCUT2D eigenvalue weighted by Crippen LogP contribution is -2.13. The third-order valence-electron chi connectivity index (χ3n) is 3.27. The Labute approximate surface area is 137 Å². The molecule has 0 N–H and O–H groups in total. The Kier molecular flexibility index (Phi) is 4.47. The zero-order valence-corrected chi connectivity index (χ0v) is 12.9. The van der Waals surface area contributed by atoms with Crippen LogP contribution in [0.1, 0.15) is 21.9 Å². The molecule has 6 nitrogen and oxygen atoms in total. The Morgan fingerprint density at radius 2 is 1.88 bits per heavy atom. The molecule has 122 valence electrons. The first-order valence-corrected chi connectivity index (χ1v) is 7.16. The van der Waals surface area contributed by atoms with E-state index < -0.39 is 11.2 Å². The first kappa shape index (κ1) is 15.6. The van der Waals surface area contributed by atoms with Gasteiger partial charge in [0.05, 0.1) is 13.4 Å². The van der Waals surface area contributed by atoms with Crippen LogP contribution in [-0.2, 0) is 6.61 Å². The summed E-state index contributed by atoms with van der Waals surface area (Å²) in [5.74, 6) is -0.787. The summed E-state index contributed by atoms with van der Waals surface area (Å²) in [6, 6.07) is 13.4. The van der Waals surface area contributed by atoms with Gasteiger partial charge in [0.15, 0.2) is 5.76 Å². The monoisotopic (exact) mass is 326 g/mol. The summed E-state index contributed by atoms with van der Waals surface area (Å²) in [5, 5.41) is 0. The molecule has 2 heterocycles. The molecule has 0 bridgehead atoms. The van der Waals surface area contributed by atoms with Crippen LogP contribution in [0.3, 0.4) is 0 Å². The molecule has 24 heavy (non-hydrogen) atoms. The first-order valence-electron chi connectivity index (χ1n) is 7.16. The second-order valence-corrected chi connectivity index (χ2v) is 4.87. The molecule has 0 atom stereocenters. The van der Waals surface area contributed by atoms with Gasteiger partial charge in [-0.05, 0) is 11.6 Å². The van der Waals surface area contributed by atoms with Crippen molar-refractivity contribution in [3.05, 3.63) is 82.1 Å². The number of carbonyl (C=O) groups excluding carboxylic acids is 1. The van der Waals surface area contributed by atoms with E-state index in [0.717, 1.165) is 11.8 Å². The molecular weight excluding hydrogens is 312 g/mol. The van der Waals surface area contributed by atoms with Gasteiger partial charge < -0.3 is 18.3 Å². The Morgan fingerprint density at radius 3 is 2.58 bits per heavy atom. The molecular formula is C18H14O6. The Balaban J connectivity index is 1.89. The number of carbonyl (C=O) groups is 1. The van der Waals surface area contributed by atoms with Crippen molar-refractivity contribution in [2.75, 3.05) is 7.11 Å². The summed E-state index contributed by atoms with van der Waals surface area (Å²) in [5.41, 5.74) is 0.415.